The number of hydrogen-bond donors (Lipinski definition) is 1. The van der Waals surface area contributed by atoms with E-state index < -0.39 is 0 Å². The Labute approximate surface area is 144 Å². The first-order valence-corrected chi connectivity index (χ1v) is 8.79. The van der Waals surface area contributed by atoms with Crippen LogP contribution in [0.3, 0.4) is 0 Å². The minimum absolute atomic E-state index is 0.0613. The van der Waals surface area contributed by atoms with Gasteiger partial charge < -0.3 is 15.0 Å². The molecule has 1 saturated heterocycles. The third kappa shape index (κ3) is 4.04. The van der Waals surface area contributed by atoms with E-state index in [0.29, 0.717) is 31.1 Å². The lowest BCUT2D eigenvalue weighted by molar-refractivity contribution is 0.0954. The van der Waals surface area contributed by atoms with Gasteiger partial charge in [0.1, 0.15) is 0 Å². The lowest BCUT2D eigenvalue weighted by Gasteiger charge is -2.30. The average Bonchev–Trinajstić information content (AvgIpc) is 3.04. The highest BCUT2D eigenvalue weighted by Gasteiger charge is 2.18. The molecule has 0 atom stereocenters. The standard InChI is InChI=1S/C15H20N6O2S/c1-20-15(17-18-19-20)24-11-6-16-14(22)12-4-2-3-5-13(12)21-7-9-23-10-8-21/h2-5H,6-11H2,1H3,(H,16,22). The number of thioether (sulfide) groups is 1. The van der Waals surface area contributed by atoms with Crippen molar-refractivity contribution in [3.63, 3.8) is 0 Å². The van der Waals surface area contributed by atoms with E-state index >= 15 is 0 Å². The Morgan fingerprint density at radius 2 is 2.12 bits per heavy atom. The van der Waals surface area contributed by atoms with Crippen molar-refractivity contribution in [3.8, 4) is 0 Å². The van der Waals surface area contributed by atoms with Crippen molar-refractivity contribution in [2.75, 3.05) is 43.5 Å². The number of nitrogens with one attached hydrogen (secondary N) is 1. The number of carbonyl (C=O) groups excluding carboxylic acids is 1. The number of anilines is 1. The van der Waals surface area contributed by atoms with Crippen molar-refractivity contribution in [1.29, 1.82) is 0 Å². The van der Waals surface area contributed by atoms with Gasteiger partial charge in [0.15, 0.2) is 0 Å². The van der Waals surface area contributed by atoms with Crippen molar-refractivity contribution in [3.05, 3.63) is 29.8 Å². The molecule has 2 heterocycles. The van der Waals surface area contributed by atoms with Crippen molar-refractivity contribution in [1.82, 2.24) is 25.5 Å². The van der Waals surface area contributed by atoms with Gasteiger partial charge in [0, 0.05) is 38.1 Å². The Hall–Kier alpha value is -2.13. The quantitative estimate of drug-likeness (QED) is 0.603. The molecule has 0 bridgehead atoms. The molecule has 1 amide bonds. The molecule has 0 spiro atoms. The van der Waals surface area contributed by atoms with Crippen molar-refractivity contribution in [2.24, 2.45) is 7.05 Å². The summed E-state index contributed by atoms with van der Waals surface area (Å²) < 4.78 is 6.99. The van der Waals surface area contributed by atoms with Crippen LogP contribution in [-0.2, 0) is 11.8 Å². The molecule has 128 valence electrons. The number of rotatable bonds is 6. The number of nitrogens with zero attached hydrogens (tertiary/aromatic N) is 5. The number of aryl methyl sites for hydroxylation is 1. The Balaban J connectivity index is 1.55. The molecule has 1 aliphatic heterocycles. The summed E-state index contributed by atoms with van der Waals surface area (Å²) in [4.78, 5) is 14.7. The van der Waals surface area contributed by atoms with Crippen LogP contribution >= 0.6 is 11.8 Å². The summed E-state index contributed by atoms with van der Waals surface area (Å²) in [6.45, 7) is 3.54. The summed E-state index contributed by atoms with van der Waals surface area (Å²) in [5.74, 6) is 0.647. The van der Waals surface area contributed by atoms with Crippen LogP contribution in [-0.4, -0.2) is 64.7 Å². The first-order chi connectivity index (χ1) is 11.8. The zero-order valence-corrected chi connectivity index (χ0v) is 14.3. The third-order valence-electron chi connectivity index (χ3n) is 3.70. The van der Waals surface area contributed by atoms with Crippen molar-refractivity contribution in [2.45, 2.75) is 5.16 Å². The molecule has 1 N–H and O–H groups in total. The highest BCUT2D eigenvalue weighted by molar-refractivity contribution is 7.99. The maximum absolute atomic E-state index is 12.5. The fraction of sp³-hybridized carbons (Fsp3) is 0.467. The van der Waals surface area contributed by atoms with Crippen LogP contribution in [0.15, 0.2) is 29.4 Å². The number of para-hydroxylation sites is 1. The molecule has 0 radical (unpaired) electrons. The molecule has 2 aromatic rings. The predicted molar refractivity (Wildman–Crippen MR) is 91.3 cm³/mol. The number of benzene rings is 1. The van der Waals surface area contributed by atoms with Crippen LogP contribution in [0.25, 0.3) is 0 Å². The average molecular weight is 348 g/mol. The monoisotopic (exact) mass is 348 g/mol. The van der Waals surface area contributed by atoms with Gasteiger partial charge in [0.25, 0.3) is 5.91 Å². The van der Waals surface area contributed by atoms with Gasteiger partial charge in [0.2, 0.25) is 5.16 Å². The summed E-state index contributed by atoms with van der Waals surface area (Å²) in [5.41, 5.74) is 1.66. The first kappa shape index (κ1) is 16.7. The van der Waals surface area contributed by atoms with Crippen LogP contribution in [0.1, 0.15) is 10.4 Å². The summed E-state index contributed by atoms with van der Waals surface area (Å²) >= 11 is 1.51. The highest BCUT2D eigenvalue weighted by atomic mass is 32.2. The van der Waals surface area contributed by atoms with E-state index in [9.17, 15) is 4.79 Å². The Kier molecular flexibility index (Phi) is 5.65. The molecule has 1 fully saturated rings. The Morgan fingerprint density at radius 1 is 1.33 bits per heavy atom. The molecular formula is C15H20N6O2S. The number of amides is 1. The molecule has 0 unspecified atom stereocenters. The molecule has 0 saturated carbocycles. The van der Waals surface area contributed by atoms with E-state index in [0.717, 1.165) is 23.9 Å². The van der Waals surface area contributed by atoms with E-state index in [1.807, 2.05) is 24.3 Å². The minimum Gasteiger partial charge on any atom is -0.378 e. The topological polar surface area (TPSA) is 85.2 Å². The lowest BCUT2D eigenvalue weighted by Crippen LogP contribution is -2.38. The van der Waals surface area contributed by atoms with E-state index in [1.165, 1.54) is 11.8 Å². The molecule has 9 heteroatoms. The Bertz CT molecular complexity index is 686. The number of carbonyl (C=O) groups is 1. The number of hydrogen-bond acceptors (Lipinski definition) is 7. The second-order valence-electron chi connectivity index (χ2n) is 5.31. The molecular weight excluding hydrogens is 328 g/mol. The van der Waals surface area contributed by atoms with Gasteiger partial charge in [-0.1, -0.05) is 23.9 Å². The van der Waals surface area contributed by atoms with Gasteiger partial charge in [-0.05, 0) is 22.6 Å². The van der Waals surface area contributed by atoms with Gasteiger partial charge in [-0.25, -0.2) is 4.68 Å². The summed E-state index contributed by atoms with van der Waals surface area (Å²) in [6, 6.07) is 7.69. The van der Waals surface area contributed by atoms with Crippen LogP contribution in [0.4, 0.5) is 5.69 Å². The maximum atomic E-state index is 12.5. The second kappa shape index (κ2) is 8.11. The third-order valence-corrected chi connectivity index (χ3v) is 4.71. The lowest BCUT2D eigenvalue weighted by atomic mass is 10.1. The molecule has 1 aromatic heterocycles. The zero-order valence-electron chi connectivity index (χ0n) is 13.5. The molecule has 1 aliphatic rings. The molecule has 8 nitrogen and oxygen atoms in total. The highest BCUT2D eigenvalue weighted by Crippen LogP contribution is 2.21. The van der Waals surface area contributed by atoms with E-state index in [4.69, 9.17) is 4.74 Å². The van der Waals surface area contributed by atoms with Crippen molar-refractivity contribution < 1.29 is 9.53 Å². The van der Waals surface area contributed by atoms with Gasteiger partial charge in [-0.15, -0.1) is 5.10 Å². The number of aromatic nitrogens is 4. The smallest absolute Gasteiger partial charge is 0.253 e. The van der Waals surface area contributed by atoms with E-state index in [-0.39, 0.29) is 5.91 Å². The van der Waals surface area contributed by atoms with Crippen molar-refractivity contribution >= 4 is 23.4 Å². The van der Waals surface area contributed by atoms with Crippen LogP contribution in [0, 0.1) is 0 Å². The second-order valence-corrected chi connectivity index (χ2v) is 6.37. The number of ether oxygens (including phenoxy) is 1. The molecule has 3 rings (SSSR count). The normalized spacial score (nSPS) is 14.6. The van der Waals surface area contributed by atoms with Gasteiger partial charge in [0.05, 0.1) is 18.8 Å². The van der Waals surface area contributed by atoms with Crippen LogP contribution < -0.4 is 10.2 Å². The van der Waals surface area contributed by atoms with Crippen LogP contribution in [0.2, 0.25) is 0 Å². The molecule has 24 heavy (non-hydrogen) atoms. The first-order valence-electron chi connectivity index (χ1n) is 7.81. The number of morpholine rings is 1. The summed E-state index contributed by atoms with van der Waals surface area (Å²) in [6.07, 6.45) is 0. The van der Waals surface area contributed by atoms with Gasteiger partial charge >= 0.3 is 0 Å². The van der Waals surface area contributed by atoms with Crippen LogP contribution in [0.5, 0.6) is 0 Å². The van der Waals surface area contributed by atoms with E-state index in [2.05, 4.69) is 25.7 Å². The molecule has 1 aromatic carbocycles. The van der Waals surface area contributed by atoms with E-state index in [1.54, 1.807) is 11.7 Å². The largest absolute Gasteiger partial charge is 0.378 e. The zero-order chi connectivity index (χ0) is 16.8. The van der Waals surface area contributed by atoms with Gasteiger partial charge in [-0.3, -0.25) is 4.79 Å². The maximum Gasteiger partial charge on any atom is 0.253 e. The Morgan fingerprint density at radius 3 is 2.88 bits per heavy atom. The van der Waals surface area contributed by atoms with Gasteiger partial charge in [-0.2, -0.15) is 0 Å². The number of tetrazole rings is 1. The minimum atomic E-state index is -0.0613. The summed E-state index contributed by atoms with van der Waals surface area (Å²) in [5, 5.41) is 15.0. The SMILES string of the molecule is Cn1nnnc1SCCNC(=O)c1ccccc1N1CCOCC1. The predicted octanol–water partition coefficient (Wildman–Crippen LogP) is 0.569. The molecule has 0 aliphatic carbocycles. The fourth-order valence-electron chi connectivity index (χ4n) is 2.49. The summed E-state index contributed by atoms with van der Waals surface area (Å²) in [7, 11) is 1.79. The fourth-order valence-corrected chi connectivity index (χ4v) is 3.20.